The van der Waals surface area contributed by atoms with E-state index < -0.39 is 5.25 Å². The first-order valence-electron chi connectivity index (χ1n) is 7.52. The number of hydrogen-bond donors (Lipinski definition) is 3. The predicted octanol–water partition coefficient (Wildman–Crippen LogP) is 3.28. The zero-order chi connectivity index (χ0) is 17.6. The molecule has 0 bridgehead atoms. The lowest BCUT2D eigenvalue weighted by Crippen LogP contribution is -2.28. The summed E-state index contributed by atoms with van der Waals surface area (Å²) >= 11 is 7.10. The third kappa shape index (κ3) is 4.98. The van der Waals surface area contributed by atoms with E-state index in [1.807, 2.05) is 30.3 Å². The fourth-order valence-electron chi connectivity index (χ4n) is 2.17. The number of carbonyl (C=O) groups excluding carboxylic acids is 2. The molecule has 3 rings (SSSR count). The van der Waals surface area contributed by atoms with Crippen LogP contribution in [0.2, 0.25) is 5.02 Å². The zero-order valence-electron chi connectivity index (χ0n) is 13.0. The van der Waals surface area contributed by atoms with E-state index >= 15 is 0 Å². The molecule has 2 aromatic carbocycles. The molecule has 0 aromatic heterocycles. The van der Waals surface area contributed by atoms with Crippen molar-refractivity contribution in [3.8, 4) is 0 Å². The number of halogens is 1. The van der Waals surface area contributed by atoms with E-state index in [9.17, 15) is 9.59 Å². The van der Waals surface area contributed by atoms with Crippen molar-refractivity contribution >= 4 is 51.7 Å². The van der Waals surface area contributed by atoms with Crippen LogP contribution in [0, 0.1) is 0 Å². The van der Waals surface area contributed by atoms with Gasteiger partial charge in [-0.3, -0.25) is 15.0 Å². The molecule has 128 valence electrons. The summed E-state index contributed by atoms with van der Waals surface area (Å²) in [6.45, 7) is 0. The summed E-state index contributed by atoms with van der Waals surface area (Å²) in [4.78, 5) is 24.1. The van der Waals surface area contributed by atoms with Crippen molar-refractivity contribution in [3.05, 3.63) is 59.6 Å². The molecular weight excluding hydrogens is 360 g/mol. The highest BCUT2D eigenvalue weighted by atomic mass is 35.5. The van der Waals surface area contributed by atoms with Crippen molar-refractivity contribution in [2.45, 2.75) is 11.7 Å². The lowest BCUT2D eigenvalue weighted by Gasteiger charge is -2.07. The second kappa shape index (κ2) is 8.04. The minimum Gasteiger partial charge on any atom is -0.326 e. The maximum atomic E-state index is 12.1. The Morgan fingerprint density at radius 2 is 1.92 bits per heavy atom. The van der Waals surface area contributed by atoms with Gasteiger partial charge in [0.2, 0.25) is 11.8 Å². The first kappa shape index (κ1) is 17.3. The van der Waals surface area contributed by atoms with E-state index in [4.69, 9.17) is 11.6 Å². The van der Waals surface area contributed by atoms with Gasteiger partial charge >= 0.3 is 0 Å². The standard InChI is InChI=1S/C17H15ClN4O2S/c18-11-5-4-8-13(9-11)19-15(23)10-14-16(24)20-17(25-14)22-21-12-6-2-1-3-7-12/h1-9,14,21H,10H2,(H,19,23)(H,20,22,24)/t14-/m0/s1. The number of amides is 2. The molecule has 1 aliphatic heterocycles. The van der Waals surface area contributed by atoms with Crippen molar-refractivity contribution < 1.29 is 9.59 Å². The van der Waals surface area contributed by atoms with E-state index in [1.54, 1.807) is 24.3 Å². The number of benzene rings is 2. The molecule has 1 fully saturated rings. The average molecular weight is 375 g/mol. The molecular formula is C17H15ClN4O2S. The molecule has 0 radical (unpaired) electrons. The van der Waals surface area contributed by atoms with Crippen molar-refractivity contribution in [3.63, 3.8) is 0 Å². The fraction of sp³-hybridized carbons (Fsp3) is 0.118. The number of rotatable bonds is 5. The Balaban J connectivity index is 1.54. The first-order valence-corrected chi connectivity index (χ1v) is 8.77. The van der Waals surface area contributed by atoms with Crippen molar-refractivity contribution in [2.24, 2.45) is 5.10 Å². The van der Waals surface area contributed by atoms with E-state index in [0.29, 0.717) is 15.9 Å². The number of para-hydroxylation sites is 1. The van der Waals surface area contributed by atoms with Crippen LogP contribution in [0.25, 0.3) is 0 Å². The largest absolute Gasteiger partial charge is 0.326 e. The van der Waals surface area contributed by atoms with E-state index in [-0.39, 0.29) is 18.2 Å². The average Bonchev–Trinajstić information content (AvgIpc) is 2.93. The van der Waals surface area contributed by atoms with Crippen LogP contribution in [-0.2, 0) is 9.59 Å². The molecule has 25 heavy (non-hydrogen) atoms. The highest BCUT2D eigenvalue weighted by Gasteiger charge is 2.32. The predicted molar refractivity (Wildman–Crippen MR) is 102 cm³/mol. The normalized spacial score (nSPS) is 18.0. The van der Waals surface area contributed by atoms with Gasteiger partial charge in [0.05, 0.1) is 5.69 Å². The molecule has 2 aromatic rings. The Bertz CT molecular complexity index is 813. The molecule has 0 saturated carbocycles. The van der Waals surface area contributed by atoms with Crippen LogP contribution in [0.4, 0.5) is 11.4 Å². The second-order valence-electron chi connectivity index (χ2n) is 5.25. The molecule has 8 heteroatoms. The minimum atomic E-state index is -0.518. The van der Waals surface area contributed by atoms with Crippen molar-refractivity contribution in [2.75, 3.05) is 10.7 Å². The molecule has 0 aliphatic carbocycles. The van der Waals surface area contributed by atoms with Gasteiger partial charge in [-0.1, -0.05) is 47.6 Å². The van der Waals surface area contributed by atoms with Crippen LogP contribution in [-0.4, -0.2) is 22.2 Å². The maximum Gasteiger partial charge on any atom is 0.240 e. The Labute approximate surface area is 154 Å². The van der Waals surface area contributed by atoms with Gasteiger partial charge in [-0.15, -0.1) is 5.10 Å². The van der Waals surface area contributed by atoms with Crippen molar-refractivity contribution in [1.82, 2.24) is 5.32 Å². The third-order valence-corrected chi connectivity index (χ3v) is 4.63. The van der Waals surface area contributed by atoms with Crippen LogP contribution >= 0.6 is 23.4 Å². The number of anilines is 2. The molecule has 0 unspecified atom stereocenters. The lowest BCUT2D eigenvalue weighted by molar-refractivity contribution is -0.122. The molecule has 1 heterocycles. The zero-order valence-corrected chi connectivity index (χ0v) is 14.6. The quantitative estimate of drug-likeness (QED) is 0.701. The van der Waals surface area contributed by atoms with Gasteiger partial charge in [-0.25, -0.2) is 0 Å². The molecule has 2 amide bonds. The van der Waals surface area contributed by atoms with Crippen LogP contribution < -0.4 is 16.1 Å². The summed E-state index contributed by atoms with van der Waals surface area (Å²) in [5.74, 6) is -0.493. The third-order valence-electron chi connectivity index (χ3n) is 3.32. The fourth-order valence-corrected chi connectivity index (χ4v) is 3.29. The van der Waals surface area contributed by atoms with E-state index in [0.717, 1.165) is 5.69 Å². The molecule has 1 atom stereocenters. The van der Waals surface area contributed by atoms with Gasteiger partial charge in [-0.2, -0.15) is 0 Å². The van der Waals surface area contributed by atoms with E-state index in [2.05, 4.69) is 21.2 Å². The number of carbonyl (C=O) groups is 2. The van der Waals surface area contributed by atoms with Crippen LogP contribution in [0.5, 0.6) is 0 Å². The lowest BCUT2D eigenvalue weighted by atomic mass is 10.2. The summed E-state index contributed by atoms with van der Waals surface area (Å²) < 4.78 is 0. The molecule has 3 N–H and O–H groups in total. The number of thioether (sulfide) groups is 1. The first-order chi connectivity index (χ1) is 12.1. The van der Waals surface area contributed by atoms with Crippen LogP contribution in [0.15, 0.2) is 59.7 Å². The summed E-state index contributed by atoms with van der Waals surface area (Å²) in [5, 5.41) is 9.99. The summed E-state index contributed by atoms with van der Waals surface area (Å²) in [6.07, 6.45) is 0.0490. The second-order valence-corrected chi connectivity index (χ2v) is 6.88. The Morgan fingerprint density at radius 3 is 2.68 bits per heavy atom. The Morgan fingerprint density at radius 1 is 1.16 bits per heavy atom. The number of nitrogens with zero attached hydrogens (tertiary/aromatic N) is 1. The highest BCUT2D eigenvalue weighted by Crippen LogP contribution is 2.23. The Hall–Kier alpha value is -2.51. The molecule has 0 spiro atoms. The van der Waals surface area contributed by atoms with Gasteiger partial charge in [-0.05, 0) is 30.3 Å². The minimum absolute atomic E-state index is 0.0490. The highest BCUT2D eigenvalue weighted by molar-refractivity contribution is 8.15. The van der Waals surface area contributed by atoms with Gasteiger partial charge in [0, 0.05) is 17.1 Å². The molecule has 1 saturated heterocycles. The van der Waals surface area contributed by atoms with Gasteiger partial charge in [0.15, 0.2) is 5.17 Å². The number of amidine groups is 1. The monoisotopic (exact) mass is 374 g/mol. The van der Waals surface area contributed by atoms with Gasteiger partial charge in [0.1, 0.15) is 5.25 Å². The summed E-state index contributed by atoms with van der Waals surface area (Å²) in [6, 6.07) is 16.2. The van der Waals surface area contributed by atoms with Gasteiger partial charge in [0.25, 0.3) is 0 Å². The Kier molecular flexibility index (Phi) is 5.57. The number of hydrogen-bond acceptors (Lipinski definition) is 5. The molecule has 1 aliphatic rings. The van der Waals surface area contributed by atoms with Gasteiger partial charge < -0.3 is 10.6 Å². The molecule has 6 nitrogen and oxygen atoms in total. The smallest absolute Gasteiger partial charge is 0.240 e. The maximum absolute atomic E-state index is 12.1. The summed E-state index contributed by atoms with van der Waals surface area (Å²) in [7, 11) is 0. The SMILES string of the molecule is O=C(C[C@@H]1S/C(=N/Nc2ccccc2)NC1=O)Nc1cccc(Cl)c1. The summed E-state index contributed by atoms with van der Waals surface area (Å²) in [5.41, 5.74) is 4.27. The van der Waals surface area contributed by atoms with Crippen LogP contribution in [0.3, 0.4) is 0 Å². The number of nitrogens with one attached hydrogen (secondary N) is 3. The van der Waals surface area contributed by atoms with E-state index in [1.165, 1.54) is 11.8 Å². The van der Waals surface area contributed by atoms with Crippen LogP contribution in [0.1, 0.15) is 6.42 Å². The topological polar surface area (TPSA) is 82.6 Å². The van der Waals surface area contributed by atoms with Crippen molar-refractivity contribution in [1.29, 1.82) is 0 Å². The number of hydrazone groups is 1.